The maximum atomic E-state index is 11.2. The molecule has 1 rings (SSSR count). The summed E-state index contributed by atoms with van der Waals surface area (Å²) >= 11 is 0. The zero-order valence-electron chi connectivity index (χ0n) is 9.58. The largest absolute Gasteiger partial charge is 0.374 e. The van der Waals surface area contributed by atoms with Crippen molar-refractivity contribution in [2.24, 2.45) is 0 Å². The molecule has 1 unspecified atom stereocenters. The number of rotatable bonds is 6. The molecule has 0 bridgehead atoms. The summed E-state index contributed by atoms with van der Waals surface area (Å²) in [6.07, 6.45) is 2.16. The Bertz CT molecular complexity index is 281. The van der Waals surface area contributed by atoms with Crippen molar-refractivity contribution in [1.29, 1.82) is 0 Å². The van der Waals surface area contributed by atoms with E-state index in [0.717, 1.165) is 26.0 Å². The van der Waals surface area contributed by atoms with Crippen LogP contribution in [0.4, 0.5) is 0 Å². The van der Waals surface area contributed by atoms with Crippen LogP contribution in [-0.2, 0) is 14.6 Å². The van der Waals surface area contributed by atoms with Gasteiger partial charge in [-0.1, -0.05) is 6.92 Å². The van der Waals surface area contributed by atoms with E-state index in [9.17, 15) is 8.42 Å². The zero-order valence-corrected chi connectivity index (χ0v) is 10.4. The normalized spacial score (nSPS) is 27.1. The molecule has 0 saturated carbocycles. The van der Waals surface area contributed by atoms with Crippen LogP contribution in [0.25, 0.3) is 0 Å². The van der Waals surface area contributed by atoms with Crippen molar-refractivity contribution in [3.05, 3.63) is 0 Å². The lowest BCUT2D eigenvalue weighted by Crippen LogP contribution is -2.39. The van der Waals surface area contributed by atoms with Crippen LogP contribution < -0.4 is 5.32 Å². The van der Waals surface area contributed by atoms with E-state index in [1.807, 2.05) is 0 Å². The van der Waals surface area contributed by atoms with E-state index in [4.69, 9.17) is 4.74 Å². The fourth-order valence-corrected chi connectivity index (χ4v) is 2.45. The molecule has 0 aromatic heterocycles. The molecular weight excluding hydrogens is 214 g/mol. The second-order valence-corrected chi connectivity index (χ2v) is 6.79. The SMILES string of the molecule is CCS(=O)(=O)CCNCC1(C)CCCO1. The molecule has 0 radical (unpaired) electrons. The molecule has 1 fully saturated rings. The first-order chi connectivity index (χ1) is 6.97. The lowest BCUT2D eigenvalue weighted by molar-refractivity contribution is 0.0214. The van der Waals surface area contributed by atoms with Crippen LogP contribution >= 0.6 is 0 Å². The summed E-state index contributed by atoms with van der Waals surface area (Å²) in [5.41, 5.74) is -0.0873. The average molecular weight is 235 g/mol. The predicted molar refractivity (Wildman–Crippen MR) is 60.8 cm³/mol. The van der Waals surface area contributed by atoms with Gasteiger partial charge in [0.1, 0.15) is 0 Å². The first-order valence-corrected chi connectivity index (χ1v) is 7.35. The minimum Gasteiger partial charge on any atom is -0.374 e. The molecule has 1 N–H and O–H groups in total. The van der Waals surface area contributed by atoms with Gasteiger partial charge in [-0.25, -0.2) is 8.42 Å². The molecule has 1 heterocycles. The van der Waals surface area contributed by atoms with E-state index in [2.05, 4.69) is 12.2 Å². The molecule has 1 atom stereocenters. The van der Waals surface area contributed by atoms with E-state index in [1.54, 1.807) is 6.92 Å². The van der Waals surface area contributed by atoms with Crippen molar-refractivity contribution < 1.29 is 13.2 Å². The lowest BCUT2D eigenvalue weighted by atomic mass is 10.0. The summed E-state index contributed by atoms with van der Waals surface area (Å²) in [6.45, 7) is 5.84. The molecule has 4 nitrogen and oxygen atoms in total. The van der Waals surface area contributed by atoms with Gasteiger partial charge in [-0.3, -0.25) is 0 Å². The predicted octanol–water partition coefficient (Wildman–Crippen LogP) is 0.580. The second-order valence-electron chi connectivity index (χ2n) is 4.32. The van der Waals surface area contributed by atoms with Crippen molar-refractivity contribution in [2.75, 3.05) is 31.2 Å². The third kappa shape index (κ3) is 4.49. The van der Waals surface area contributed by atoms with Crippen LogP contribution in [0.3, 0.4) is 0 Å². The monoisotopic (exact) mass is 235 g/mol. The number of hydrogen-bond donors (Lipinski definition) is 1. The minimum absolute atomic E-state index is 0.0873. The number of hydrogen-bond acceptors (Lipinski definition) is 4. The highest BCUT2D eigenvalue weighted by Crippen LogP contribution is 2.23. The number of nitrogens with one attached hydrogen (secondary N) is 1. The summed E-state index contributed by atoms with van der Waals surface area (Å²) < 4.78 is 28.0. The Morgan fingerprint density at radius 2 is 2.20 bits per heavy atom. The molecule has 1 aliphatic heterocycles. The summed E-state index contributed by atoms with van der Waals surface area (Å²) in [7, 11) is -2.84. The topological polar surface area (TPSA) is 55.4 Å². The molecule has 0 amide bonds. The highest BCUT2D eigenvalue weighted by molar-refractivity contribution is 7.91. The van der Waals surface area contributed by atoms with Crippen molar-refractivity contribution in [1.82, 2.24) is 5.32 Å². The molecule has 1 saturated heterocycles. The fourth-order valence-electron chi connectivity index (χ4n) is 1.70. The Kier molecular flexibility index (Phi) is 4.55. The van der Waals surface area contributed by atoms with Crippen LogP contribution in [0.2, 0.25) is 0 Å². The molecule has 0 spiro atoms. The van der Waals surface area contributed by atoms with E-state index < -0.39 is 9.84 Å². The first kappa shape index (κ1) is 12.9. The van der Waals surface area contributed by atoms with Crippen LogP contribution in [0.5, 0.6) is 0 Å². The highest BCUT2D eigenvalue weighted by Gasteiger charge is 2.28. The second kappa shape index (κ2) is 5.27. The summed E-state index contributed by atoms with van der Waals surface area (Å²) in [5.74, 6) is 0.446. The summed E-state index contributed by atoms with van der Waals surface area (Å²) in [4.78, 5) is 0. The number of ether oxygens (including phenoxy) is 1. The smallest absolute Gasteiger partial charge is 0.151 e. The van der Waals surface area contributed by atoms with Crippen molar-refractivity contribution in [3.63, 3.8) is 0 Å². The summed E-state index contributed by atoms with van der Waals surface area (Å²) in [5, 5.41) is 3.15. The molecule has 0 aliphatic carbocycles. The van der Waals surface area contributed by atoms with E-state index in [-0.39, 0.29) is 17.1 Å². The van der Waals surface area contributed by atoms with Crippen molar-refractivity contribution >= 4 is 9.84 Å². The van der Waals surface area contributed by atoms with Crippen molar-refractivity contribution in [3.8, 4) is 0 Å². The van der Waals surface area contributed by atoms with Crippen LogP contribution in [0, 0.1) is 0 Å². The third-order valence-electron chi connectivity index (χ3n) is 2.83. The molecule has 1 aliphatic rings. The van der Waals surface area contributed by atoms with Gasteiger partial charge in [-0.05, 0) is 19.8 Å². The summed E-state index contributed by atoms with van der Waals surface area (Å²) in [6, 6.07) is 0. The Labute approximate surface area is 92.3 Å². The van der Waals surface area contributed by atoms with Crippen LogP contribution in [0.1, 0.15) is 26.7 Å². The third-order valence-corrected chi connectivity index (χ3v) is 4.53. The Morgan fingerprint density at radius 1 is 1.47 bits per heavy atom. The van der Waals surface area contributed by atoms with E-state index >= 15 is 0 Å². The molecule has 0 aromatic carbocycles. The van der Waals surface area contributed by atoms with Gasteiger partial charge in [-0.15, -0.1) is 0 Å². The van der Waals surface area contributed by atoms with Crippen LogP contribution in [0.15, 0.2) is 0 Å². The Hall–Kier alpha value is -0.130. The minimum atomic E-state index is -2.84. The van der Waals surface area contributed by atoms with Gasteiger partial charge >= 0.3 is 0 Å². The molecular formula is C10H21NO3S. The van der Waals surface area contributed by atoms with Gasteiger partial charge in [0.2, 0.25) is 0 Å². The average Bonchev–Trinajstić information content (AvgIpc) is 2.61. The standard InChI is InChI=1S/C10H21NO3S/c1-3-15(12,13)8-6-11-9-10(2)5-4-7-14-10/h11H,3-9H2,1-2H3. The molecule has 5 heteroatoms. The van der Waals surface area contributed by atoms with E-state index in [0.29, 0.717) is 6.54 Å². The van der Waals surface area contributed by atoms with Crippen molar-refractivity contribution in [2.45, 2.75) is 32.3 Å². The molecule has 90 valence electrons. The lowest BCUT2D eigenvalue weighted by Gasteiger charge is -2.23. The van der Waals surface area contributed by atoms with Gasteiger partial charge < -0.3 is 10.1 Å². The van der Waals surface area contributed by atoms with Gasteiger partial charge in [0.25, 0.3) is 0 Å². The quantitative estimate of drug-likeness (QED) is 0.684. The Morgan fingerprint density at radius 3 is 2.73 bits per heavy atom. The van der Waals surface area contributed by atoms with Gasteiger partial charge in [0.15, 0.2) is 9.84 Å². The Balaban J connectivity index is 2.17. The maximum Gasteiger partial charge on any atom is 0.151 e. The van der Waals surface area contributed by atoms with E-state index in [1.165, 1.54) is 0 Å². The van der Waals surface area contributed by atoms with Gasteiger partial charge in [0.05, 0.1) is 11.4 Å². The zero-order chi connectivity index (χ0) is 11.4. The van der Waals surface area contributed by atoms with Gasteiger partial charge in [0, 0.05) is 25.4 Å². The first-order valence-electron chi connectivity index (χ1n) is 5.52. The maximum absolute atomic E-state index is 11.2. The van der Waals surface area contributed by atoms with Gasteiger partial charge in [-0.2, -0.15) is 0 Å². The molecule has 0 aromatic rings. The highest BCUT2D eigenvalue weighted by atomic mass is 32.2. The molecule has 15 heavy (non-hydrogen) atoms. The number of sulfone groups is 1. The van der Waals surface area contributed by atoms with Crippen LogP contribution in [-0.4, -0.2) is 45.2 Å². The fraction of sp³-hybridized carbons (Fsp3) is 1.00.